The smallest absolute Gasteiger partial charge is 0.191 e. The molecule has 2 aromatic carbocycles. The van der Waals surface area contributed by atoms with Crippen LogP contribution < -0.4 is 10.6 Å². The maximum Gasteiger partial charge on any atom is 0.191 e. The average molecular weight is 394 g/mol. The second-order valence-corrected chi connectivity index (χ2v) is 7.35. The largest absolute Gasteiger partial charge is 0.352 e. The predicted molar refractivity (Wildman–Crippen MR) is 114 cm³/mol. The van der Waals surface area contributed by atoms with Gasteiger partial charge in [0.1, 0.15) is 5.82 Å². The van der Waals surface area contributed by atoms with Crippen LogP contribution in [0.2, 0.25) is 0 Å². The van der Waals surface area contributed by atoms with Gasteiger partial charge in [-0.3, -0.25) is 9.89 Å². The molecule has 1 saturated heterocycles. The second kappa shape index (κ2) is 10.6. The first-order valence-corrected chi connectivity index (χ1v) is 10.1. The number of benzene rings is 2. The molecule has 1 aliphatic rings. The molecule has 0 aliphatic carbocycles. The highest BCUT2D eigenvalue weighted by Crippen LogP contribution is 2.14. The van der Waals surface area contributed by atoms with E-state index in [2.05, 4.69) is 44.8 Å². The van der Waals surface area contributed by atoms with Crippen molar-refractivity contribution < 1.29 is 4.39 Å². The summed E-state index contributed by atoms with van der Waals surface area (Å²) in [6.45, 7) is 4.36. The molecule has 152 valence electrons. The maximum absolute atomic E-state index is 14.0. The monoisotopic (exact) mass is 393 g/mol. The number of nitriles is 1. The number of likely N-dealkylation sites (tertiary alicyclic amines) is 1. The number of guanidine groups is 1. The summed E-state index contributed by atoms with van der Waals surface area (Å²) in [5, 5.41) is 15.2. The number of halogens is 1. The van der Waals surface area contributed by atoms with Crippen molar-refractivity contribution in [1.82, 2.24) is 15.5 Å². The van der Waals surface area contributed by atoms with Crippen molar-refractivity contribution in [3.8, 4) is 6.07 Å². The van der Waals surface area contributed by atoms with Gasteiger partial charge in [-0.25, -0.2) is 4.39 Å². The van der Waals surface area contributed by atoms with Crippen LogP contribution in [0, 0.1) is 17.1 Å². The van der Waals surface area contributed by atoms with E-state index < -0.39 is 5.82 Å². The molecule has 6 heteroatoms. The fraction of sp³-hybridized carbons (Fsp3) is 0.391. The van der Waals surface area contributed by atoms with Crippen molar-refractivity contribution in [2.24, 2.45) is 4.99 Å². The Hall–Kier alpha value is -2.91. The number of hydrogen-bond donors (Lipinski definition) is 2. The quantitative estimate of drug-likeness (QED) is 0.582. The first-order valence-electron chi connectivity index (χ1n) is 10.1. The summed E-state index contributed by atoms with van der Waals surface area (Å²) < 4.78 is 14.0. The van der Waals surface area contributed by atoms with Crippen molar-refractivity contribution in [3.63, 3.8) is 0 Å². The summed E-state index contributed by atoms with van der Waals surface area (Å²) in [6, 6.07) is 15.1. The third-order valence-electron chi connectivity index (χ3n) is 5.19. The highest BCUT2D eigenvalue weighted by molar-refractivity contribution is 5.79. The lowest BCUT2D eigenvalue weighted by molar-refractivity contribution is 0.221. The lowest BCUT2D eigenvalue weighted by Gasteiger charge is -2.26. The van der Waals surface area contributed by atoms with Crippen molar-refractivity contribution >= 4 is 5.96 Å². The van der Waals surface area contributed by atoms with Crippen LogP contribution in [-0.4, -0.2) is 31.0 Å². The molecule has 1 aliphatic heterocycles. The standard InChI is InChI=1S/C23H28FN5/c1-26-23(28-16-21-10-9-20(14-25)13-22(21)24)27-15-18-5-7-19(8-6-18)17-29-11-3-2-4-12-29/h5-10,13H,2-4,11-12,15-17H2,1H3,(H2,26,27,28). The highest BCUT2D eigenvalue weighted by atomic mass is 19.1. The van der Waals surface area contributed by atoms with E-state index in [1.54, 1.807) is 19.2 Å². The van der Waals surface area contributed by atoms with Crippen LogP contribution in [0.25, 0.3) is 0 Å². The molecule has 0 saturated carbocycles. The van der Waals surface area contributed by atoms with Gasteiger partial charge in [-0.05, 0) is 49.2 Å². The van der Waals surface area contributed by atoms with Gasteiger partial charge in [0.25, 0.3) is 0 Å². The van der Waals surface area contributed by atoms with Crippen molar-refractivity contribution in [3.05, 3.63) is 70.5 Å². The molecule has 1 heterocycles. The van der Waals surface area contributed by atoms with Gasteiger partial charge in [0, 0.05) is 32.2 Å². The molecule has 0 radical (unpaired) electrons. The van der Waals surface area contributed by atoms with Crippen molar-refractivity contribution in [2.45, 2.75) is 38.9 Å². The molecule has 1 fully saturated rings. The van der Waals surface area contributed by atoms with Gasteiger partial charge in [-0.1, -0.05) is 36.8 Å². The van der Waals surface area contributed by atoms with Gasteiger partial charge in [-0.15, -0.1) is 0 Å². The summed E-state index contributed by atoms with van der Waals surface area (Å²) in [6.07, 6.45) is 3.97. The van der Waals surface area contributed by atoms with E-state index in [1.165, 1.54) is 49.5 Å². The third kappa shape index (κ3) is 6.30. The number of hydrogen-bond acceptors (Lipinski definition) is 3. The van der Waals surface area contributed by atoms with E-state index in [0.29, 0.717) is 30.2 Å². The van der Waals surface area contributed by atoms with Crippen molar-refractivity contribution in [1.29, 1.82) is 5.26 Å². The highest BCUT2D eigenvalue weighted by Gasteiger charge is 2.10. The summed E-state index contributed by atoms with van der Waals surface area (Å²) in [5.41, 5.74) is 3.32. The summed E-state index contributed by atoms with van der Waals surface area (Å²) in [5.74, 6) is 0.211. The fourth-order valence-corrected chi connectivity index (χ4v) is 3.48. The van der Waals surface area contributed by atoms with Crippen LogP contribution in [0.3, 0.4) is 0 Å². The van der Waals surface area contributed by atoms with Crippen molar-refractivity contribution in [2.75, 3.05) is 20.1 Å². The predicted octanol–water partition coefficient (Wildman–Crippen LogP) is 3.55. The van der Waals surface area contributed by atoms with E-state index in [4.69, 9.17) is 5.26 Å². The van der Waals surface area contributed by atoms with Gasteiger partial charge in [-0.2, -0.15) is 5.26 Å². The zero-order valence-electron chi connectivity index (χ0n) is 16.9. The van der Waals surface area contributed by atoms with E-state index in [9.17, 15) is 4.39 Å². The van der Waals surface area contributed by atoms with Crippen LogP contribution in [0.15, 0.2) is 47.5 Å². The van der Waals surface area contributed by atoms with Gasteiger partial charge in [0.05, 0.1) is 11.6 Å². The zero-order chi connectivity index (χ0) is 20.5. The molecule has 0 spiro atoms. The van der Waals surface area contributed by atoms with Crippen LogP contribution in [0.5, 0.6) is 0 Å². The first kappa shape index (κ1) is 20.8. The summed E-state index contributed by atoms with van der Waals surface area (Å²) >= 11 is 0. The van der Waals surface area contributed by atoms with Gasteiger partial charge < -0.3 is 10.6 Å². The Kier molecular flexibility index (Phi) is 7.60. The molecule has 5 nitrogen and oxygen atoms in total. The minimum Gasteiger partial charge on any atom is -0.352 e. The number of rotatable bonds is 6. The Bertz CT molecular complexity index is 864. The summed E-state index contributed by atoms with van der Waals surface area (Å²) in [4.78, 5) is 6.71. The van der Waals surface area contributed by atoms with Gasteiger partial charge >= 0.3 is 0 Å². The molecule has 3 rings (SSSR count). The molecule has 0 atom stereocenters. The van der Waals surface area contributed by atoms with Crippen LogP contribution in [-0.2, 0) is 19.6 Å². The van der Waals surface area contributed by atoms with E-state index in [0.717, 1.165) is 6.54 Å². The molecule has 2 aromatic rings. The maximum atomic E-state index is 14.0. The number of aliphatic imine (C=N–C) groups is 1. The second-order valence-electron chi connectivity index (χ2n) is 7.35. The molecule has 2 N–H and O–H groups in total. The number of piperidine rings is 1. The van der Waals surface area contributed by atoms with E-state index in [1.807, 2.05) is 6.07 Å². The molecule has 0 aromatic heterocycles. The Labute approximate surface area is 172 Å². The lowest BCUT2D eigenvalue weighted by Crippen LogP contribution is -2.36. The van der Waals surface area contributed by atoms with Gasteiger partial charge in [0.15, 0.2) is 5.96 Å². The van der Waals surface area contributed by atoms with Crippen LogP contribution in [0.4, 0.5) is 4.39 Å². The first-order chi connectivity index (χ1) is 14.2. The molecular weight excluding hydrogens is 365 g/mol. The molecular formula is C23H28FN5. The number of nitrogens with zero attached hydrogens (tertiary/aromatic N) is 3. The molecule has 0 amide bonds. The van der Waals surface area contributed by atoms with E-state index >= 15 is 0 Å². The lowest BCUT2D eigenvalue weighted by atomic mass is 10.1. The average Bonchev–Trinajstić information content (AvgIpc) is 2.76. The minimum absolute atomic E-state index is 0.298. The Morgan fingerprint density at radius 1 is 1.03 bits per heavy atom. The Morgan fingerprint density at radius 3 is 2.38 bits per heavy atom. The van der Waals surface area contributed by atoms with Crippen LogP contribution in [0.1, 0.15) is 41.5 Å². The Morgan fingerprint density at radius 2 is 1.72 bits per heavy atom. The fourth-order valence-electron chi connectivity index (χ4n) is 3.48. The molecule has 0 unspecified atom stereocenters. The Balaban J connectivity index is 1.47. The normalized spacial score (nSPS) is 15.0. The SMILES string of the molecule is CN=C(NCc1ccc(CN2CCCCC2)cc1)NCc1ccc(C#N)cc1F. The molecule has 29 heavy (non-hydrogen) atoms. The topological polar surface area (TPSA) is 63.5 Å². The third-order valence-corrected chi connectivity index (χ3v) is 5.19. The zero-order valence-corrected chi connectivity index (χ0v) is 16.9. The van der Waals surface area contributed by atoms with E-state index in [-0.39, 0.29) is 0 Å². The summed E-state index contributed by atoms with van der Waals surface area (Å²) in [7, 11) is 1.69. The van der Waals surface area contributed by atoms with Crippen LogP contribution >= 0.6 is 0 Å². The van der Waals surface area contributed by atoms with Gasteiger partial charge in [0.2, 0.25) is 0 Å². The minimum atomic E-state index is -0.392. The number of nitrogens with one attached hydrogen (secondary N) is 2. The molecule has 0 bridgehead atoms.